The lowest BCUT2D eigenvalue weighted by Crippen LogP contribution is -2.52. The van der Waals surface area contributed by atoms with Crippen LogP contribution in [0.5, 0.6) is 0 Å². The number of carbonyl (C=O) groups is 1. The van der Waals surface area contributed by atoms with Crippen molar-refractivity contribution >= 4 is 17.5 Å². The van der Waals surface area contributed by atoms with Gasteiger partial charge in [-0.25, -0.2) is 0 Å². The van der Waals surface area contributed by atoms with Crippen LogP contribution in [0.15, 0.2) is 0 Å². The van der Waals surface area contributed by atoms with Gasteiger partial charge in [0.2, 0.25) is 0 Å². The normalized spacial score (nSPS) is 51.0. The zero-order valence-electron chi connectivity index (χ0n) is 15.6. The number of hydrogen-bond donors (Lipinski definition) is 1. The lowest BCUT2D eigenvalue weighted by molar-refractivity contribution is -0.138. The average Bonchev–Trinajstić information content (AvgIpc) is 2.84. The van der Waals surface area contributed by atoms with Crippen LogP contribution in [0.4, 0.5) is 0 Å². The topological polar surface area (TPSA) is 43.1 Å². The summed E-state index contributed by atoms with van der Waals surface area (Å²) in [6, 6.07) is 0. The molecule has 0 heterocycles. The van der Waals surface area contributed by atoms with E-state index in [2.05, 4.69) is 13.8 Å². The van der Waals surface area contributed by atoms with E-state index in [1.807, 2.05) is 11.8 Å². The van der Waals surface area contributed by atoms with Gasteiger partial charge in [0.25, 0.3) is 0 Å². The number of fused-ring (bicyclic) bond motifs is 5. The van der Waals surface area contributed by atoms with E-state index in [1.165, 1.54) is 44.9 Å². The smallest absolute Gasteiger partial charge is 0.151 e. The molecule has 0 aromatic rings. The number of rotatable bonds is 3. The van der Waals surface area contributed by atoms with Crippen LogP contribution in [-0.2, 0) is 4.79 Å². The monoisotopic (exact) mass is 349 g/mol. The minimum atomic E-state index is -0.0225. The lowest BCUT2D eigenvalue weighted by atomic mass is 9.45. The predicted molar refractivity (Wildman–Crippen MR) is 102 cm³/mol. The standard InChI is InChI=1S/C21H35NOS/c1-20-9-4-3-5-14(20)6-7-15-16(20)8-10-21(2)17(15)13-18(19(21)23)24-12-11-22/h14-18H,3-13,22H2,1-2H3/t14?,15?,16?,17?,18-,20-,21-/m0/s1. The fourth-order valence-electron chi connectivity index (χ4n) is 7.42. The molecule has 4 aliphatic rings. The largest absolute Gasteiger partial charge is 0.330 e. The van der Waals surface area contributed by atoms with Crippen molar-refractivity contribution in [3.05, 3.63) is 0 Å². The number of hydrogen-bond acceptors (Lipinski definition) is 3. The van der Waals surface area contributed by atoms with E-state index < -0.39 is 0 Å². The molecule has 4 fully saturated rings. The van der Waals surface area contributed by atoms with Crippen molar-refractivity contribution in [1.29, 1.82) is 0 Å². The van der Waals surface area contributed by atoms with Gasteiger partial charge in [-0.15, -0.1) is 11.8 Å². The first kappa shape index (κ1) is 17.4. The Morgan fingerprint density at radius 3 is 2.71 bits per heavy atom. The van der Waals surface area contributed by atoms with Crippen molar-refractivity contribution in [2.75, 3.05) is 12.3 Å². The maximum atomic E-state index is 13.1. The Balaban J connectivity index is 1.58. The van der Waals surface area contributed by atoms with Crippen LogP contribution < -0.4 is 5.73 Å². The summed E-state index contributed by atoms with van der Waals surface area (Å²) in [5.74, 6) is 4.83. The first-order valence-electron chi connectivity index (χ1n) is 10.4. The Morgan fingerprint density at radius 2 is 1.92 bits per heavy atom. The number of ketones is 1. The highest BCUT2D eigenvalue weighted by Gasteiger charge is 2.61. The van der Waals surface area contributed by atoms with Crippen molar-refractivity contribution < 1.29 is 4.79 Å². The van der Waals surface area contributed by atoms with Crippen molar-refractivity contribution in [1.82, 2.24) is 0 Å². The zero-order chi connectivity index (χ0) is 16.9. The quantitative estimate of drug-likeness (QED) is 0.806. The first-order valence-corrected chi connectivity index (χ1v) is 11.4. The number of carbonyl (C=O) groups excluding carboxylic acids is 1. The Hall–Kier alpha value is -0.0200. The molecule has 0 aromatic carbocycles. The number of thioether (sulfide) groups is 1. The minimum Gasteiger partial charge on any atom is -0.330 e. The summed E-state index contributed by atoms with van der Waals surface area (Å²) in [4.78, 5) is 13.1. The summed E-state index contributed by atoms with van der Waals surface area (Å²) in [7, 11) is 0. The van der Waals surface area contributed by atoms with Gasteiger partial charge in [-0.05, 0) is 74.0 Å². The van der Waals surface area contributed by atoms with Crippen molar-refractivity contribution in [3.8, 4) is 0 Å². The van der Waals surface area contributed by atoms with E-state index in [9.17, 15) is 4.79 Å². The SMILES string of the molecule is C[C@]12CCCCC1CCC1C2CC[C@]2(C)C(=O)[C@@H](SCCN)CC12. The molecule has 0 aliphatic heterocycles. The van der Waals surface area contributed by atoms with Gasteiger partial charge in [-0.1, -0.05) is 26.7 Å². The zero-order valence-corrected chi connectivity index (χ0v) is 16.4. The van der Waals surface area contributed by atoms with Crippen molar-refractivity contribution in [2.45, 2.75) is 76.9 Å². The summed E-state index contributed by atoms with van der Waals surface area (Å²) >= 11 is 1.84. The van der Waals surface area contributed by atoms with Crippen molar-refractivity contribution in [2.24, 2.45) is 40.2 Å². The molecule has 0 amide bonds. The van der Waals surface area contributed by atoms with E-state index in [1.54, 1.807) is 0 Å². The van der Waals surface area contributed by atoms with E-state index in [-0.39, 0.29) is 10.7 Å². The van der Waals surface area contributed by atoms with E-state index in [0.29, 0.717) is 23.7 Å². The fourth-order valence-corrected chi connectivity index (χ4v) is 8.60. The van der Waals surface area contributed by atoms with Gasteiger partial charge in [0.15, 0.2) is 5.78 Å². The first-order chi connectivity index (χ1) is 11.5. The van der Waals surface area contributed by atoms with E-state index >= 15 is 0 Å². The molecule has 7 atom stereocenters. The van der Waals surface area contributed by atoms with Crippen molar-refractivity contribution in [3.63, 3.8) is 0 Å². The maximum Gasteiger partial charge on any atom is 0.151 e. The van der Waals surface area contributed by atoms with Gasteiger partial charge in [-0.3, -0.25) is 4.79 Å². The summed E-state index contributed by atoms with van der Waals surface area (Å²) in [5.41, 5.74) is 6.25. The van der Waals surface area contributed by atoms with Crippen LogP contribution in [0.25, 0.3) is 0 Å². The average molecular weight is 350 g/mol. The molecule has 0 saturated heterocycles. The van der Waals surface area contributed by atoms with Gasteiger partial charge in [-0.2, -0.15) is 0 Å². The Morgan fingerprint density at radius 1 is 1.08 bits per heavy atom. The molecular weight excluding hydrogens is 314 g/mol. The molecule has 4 rings (SSSR count). The van der Waals surface area contributed by atoms with Crippen LogP contribution in [-0.4, -0.2) is 23.3 Å². The van der Waals surface area contributed by atoms with Crippen LogP contribution in [0.1, 0.15) is 71.6 Å². The molecule has 24 heavy (non-hydrogen) atoms. The number of nitrogens with two attached hydrogens (primary N) is 1. The van der Waals surface area contributed by atoms with Crippen LogP contribution in [0.2, 0.25) is 0 Å². The van der Waals surface area contributed by atoms with Gasteiger partial charge in [0.05, 0.1) is 5.25 Å². The second kappa shape index (κ2) is 6.30. The third kappa shape index (κ3) is 2.44. The molecule has 4 saturated carbocycles. The van der Waals surface area contributed by atoms with E-state index in [4.69, 9.17) is 5.73 Å². The summed E-state index contributed by atoms with van der Waals surface area (Å²) in [6.07, 6.45) is 12.2. The Kier molecular flexibility index (Phi) is 4.57. The summed E-state index contributed by atoms with van der Waals surface area (Å²) in [5, 5.41) is 0.235. The molecule has 0 bridgehead atoms. The Bertz CT molecular complexity index is 508. The third-order valence-corrected chi connectivity index (χ3v) is 10.0. The molecule has 4 aliphatic carbocycles. The predicted octanol–water partition coefficient (Wildman–Crippen LogP) is 4.66. The highest BCUT2D eigenvalue weighted by molar-refractivity contribution is 8.00. The Labute approximate surface area is 152 Å². The summed E-state index contributed by atoms with van der Waals surface area (Å²) < 4.78 is 0. The van der Waals surface area contributed by atoms with Crippen LogP contribution in [0, 0.1) is 34.5 Å². The maximum absolute atomic E-state index is 13.1. The molecule has 2 nitrogen and oxygen atoms in total. The highest BCUT2D eigenvalue weighted by Crippen LogP contribution is 2.66. The molecule has 0 aromatic heterocycles. The van der Waals surface area contributed by atoms with E-state index in [0.717, 1.165) is 36.3 Å². The minimum absolute atomic E-state index is 0.0225. The van der Waals surface area contributed by atoms with Crippen LogP contribution in [0.3, 0.4) is 0 Å². The molecule has 4 unspecified atom stereocenters. The molecule has 136 valence electrons. The van der Waals surface area contributed by atoms with Gasteiger partial charge in [0, 0.05) is 17.7 Å². The molecule has 2 N–H and O–H groups in total. The lowest BCUT2D eigenvalue weighted by Gasteiger charge is -2.59. The fraction of sp³-hybridized carbons (Fsp3) is 0.952. The van der Waals surface area contributed by atoms with Gasteiger partial charge in [0.1, 0.15) is 0 Å². The molecule has 0 radical (unpaired) electrons. The second-order valence-corrected chi connectivity index (χ2v) is 10.9. The van der Waals surface area contributed by atoms with Gasteiger partial charge < -0.3 is 5.73 Å². The molecule has 3 heteroatoms. The van der Waals surface area contributed by atoms with Crippen LogP contribution >= 0.6 is 11.8 Å². The van der Waals surface area contributed by atoms with Gasteiger partial charge >= 0.3 is 0 Å². The highest BCUT2D eigenvalue weighted by atomic mass is 32.2. The third-order valence-electron chi connectivity index (χ3n) is 8.73. The molecular formula is C21H35NOS. The second-order valence-electron chi connectivity index (χ2n) is 9.61. The number of Topliss-reactive ketones (excluding diaryl/α,β-unsaturated/α-hetero) is 1. The molecule has 0 spiro atoms. The summed E-state index contributed by atoms with van der Waals surface area (Å²) in [6.45, 7) is 5.63.